The van der Waals surface area contributed by atoms with Gasteiger partial charge < -0.3 is 9.84 Å². The normalized spacial score (nSPS) is 12.9. The van der Waals surface area contributed by atoms with Crippen LogP contribution in [0.2, 0.25) is 0 Å². The van der Waals surface area contributed by atoms with Crippen molar-refractivity contribution in [2.45, 2.75) is 58.9 Å². The largest absolute Gasteiger partial charge is 0.361 e. The Morgan fingerprint density at radius 2 is 2.25 bits per heavy atom. The molecule has 0 amide bonds. The first kappa shape index (κ1) is 13.2. The Labute approximate surface area is 98.6 Å². The van der Waals surface area contributed by atoms with E-state index in [-0.39, 0.29) is 0 Å². The first-order chi connectivity index (χ1) is 7.72. The van der Waals surface area contributed by atoms with Crippen molar-refractivity contribution in [3.63, 3.8) is 0 Å². The van der Waals surface area contributed by atoms with E-state index in [1.807, 2.05) is 13.0 Å². The first-order valence-corrected chi connectivity index (χ1v) is 6.38. The monoisotopic (exact) mass is 224 g/mol. The second-order valence-electron chi connectivity index (χ2n) is 4.54. The Morgan fingerprint density at radius 3 is 2.88 bits per heavy atom. The molecule has 0 aliphatic heterocycles. The van der Waals surface area contributed by atoms with E-state index in [1.54, 1.807) is 0 Å². The minimum absolute atomic E-state index is 0.607. The molecule has 0 radical (unpaired) electrons. The summed E-state index contributed by atoms with van der Waals surface area (Å²) in [5, 5.41) is 7.38. The fourth-order valence-electron chi connectivity index (χ4n) is 1.78. The van der Waals surface area contributed by atoms with Crippen LogP contribution in [-0.2, 0) is 6.42 Å². The van der Waals surface area contributed by atoms with Gasteiger partial charge in [-0.1, -0.05) is 31.3 Å². The molecule has 0 aliphatic carbocycles. The topological polar surface area (TPSA) is 38.1 Å². The molecule has 0 aliphatic rings. The van der Waals surface area contributed by atoms with Crippen LogP contribution in [0, 0.1) is 6.92 Å². The molecule has 1 aromatic heterocycles. The SMILES string of the molecule is CCCCCC(C)NCCc1cc(C)no1. The lowest BCUT2D eigenvalue weighted by Gasteiger charge is -2.12. The van der Waals surface area contributed by atoms with Gasteiger partial charge in [0.25, 0.3) is 0 Å². The number of aromatic nitrogens is 1. The number of hydrogen-bond donors (Lipinski definition) is 1. The average Bonchev–Trinajstić information content (AvgIpc) is 2.65. The Morgan fingerprint density at radius 1 is 1.44 bits per heavy atom. The molecule has 1 rings (SSSR count). The molecular formula is C13H24N2O. The van der Waals surface area contributed by atoms with Gasteiger partial charge >= 0.3 is 0 Å². The quantitative estimate of drug-likeness (QED) is 0.690. The molecule has 0 bridgehead atoms. The fourth-order valence-corrected chi connectivity index (χ4v) is 1.78. The third-order valence-corrected chi connectivity index (χ3v) is 2.78. The molecule has 1 aromatic rings. The van der Waals surface area contributed by atoms with Gasteiger partial charge in [0.15, 0.2) is 0 Å². The third kappa shape index (κ3) is 5.31. The van der Waals surface area contributed by atoms with E-state index in [0.717, 1.165) is 24.4 Å². The summed E-state index contributed by atoms with van der Waals surface area (Å²) in [6.07, 6.45) is 6.16. The zero-order chi connectivity index (χ0) is 11.8. The molecule has 0 saturated carbocycles. The van der Waals surface area contributed by atoms with Crippen LogP contribution in [0.15, 0.2) is 10.6 Å². The van der Waals surface area contributed by atoms with Crippen molar-refractivity contribution in [1.82, 2.24) is 10.5 Å². The predicted octanol–water partition coefficient (Wildman–Crippen LogP) is 3.08. The summed E-state index contributed by atoms with van der Waals surface area (Å²) in [5.74, 6) is 0.978. The smallest absolute Gasteiger partial charge is 0.138 e. The number of nitrogens with zero attached hydrogens (tertiary/aromatic N) is 1. The van der Waals surface area contributed by atoms with Gasteiger partial charge in [-0.25, -0.2) is 0 Å². The Bertz CT molecular complexity index is 283. The van der Waals surface area contributed by atoms with Crippen LogP contribution in [0.5, 0.6) is 0 Å². The zero-order valence-corrected chi connectivity index (χ0v) is 10.8. The van der Waals surface area contributed by atoms with Crippen molar-refractivity contribution in [1.29, 1.82) is 0 Å². The molecular weight excluding hydrogens is 200 g/mol. The lowest BCUT2D eigenvalue weighted by molar-refractivity contribution is 0.373. The van der Waals surface area contributed by atoms with Crippen LogP contribution in [0.3, 0.4) is 0 Å². The summed E-state index contributed by atoms with van der Waals surface area (Å²) < 4.78 is 5.15. The summed E-state index contributed by atoms with van der Waals surface area (Å²) in [7, 11) is 0. The molecule has 1 atom stereocenters. The molecule has 16 heavy (non-hydrogen) atoms. The molecule has 0 spiro atoms. The number of hydrogen-bond acceptors (Lipinski definition) is 3. The minimum Gasteiger partial charge on any atom is -0.361 e. The molecule has 92 valence electrons. The highest BCUT2D eigenvalue weighted by Crippen LogP contribution is 2.04. The van der Waals surface area contributed by atoms with E-state index in [0.29, 0.717) is 6.04 Å². The number of aryl methyl sites for hydroxylation is 1. The van der Waals surface area contributed by atoms with E-state index in [1.165, 1.54) is 25.7 Å². The van der Waals surface area contributed by atoms with E-state index in [4.69, 9.17) is 4.52 Å². The maximum Gasteiger partial charge on any atom is 0.138 e. The lowest BCUT2D eigenvalue weighted by Crippen LogP contribution is -2.27. The van der Waals surface area contributed by atoms with Gasteiger partial charge in [0.2, 0.25) is 0 Å². The van der Waals surface area contributed by atoms with Gasteiger partial charge in [-0.3, -0.25) is 0 Å². The second-order valence-corrected chi connectivity index (χ2v) is 4.54. The summed E-state index contributed by atoms with van der Waals surface area (Å²) in [6.45, 7) is 7.42. The molecule has 0 saturated heterocycles. The van der Waals surface area contributed by atoms with Crippen molar-refractivity contribution in [2.24, 2.45) is 0 Å². The van der Waals surface area contributed by atoms with Crippen molar-refractivity contribution in [3.05, 3.63) is 17.5 Å². The zero-order valence-electron chi connectivity index (χ0n) is 10.8. The predicted molar refractivity (Wildman–Crippen MR) is 66.6 cm³/mol. The van der Waals surface area contributed by atoms with Gasteiger partial charge in [0.05, 0.1) is 5.69 Å². The van der Waals surface area contributed by atoms with E-state index >= 15 is 0 Å². The van der Waals surface area contributed by atoms with Crippen LogP contribution in [0.4, 0.5) is 0 Å². The fraction of sp³-hybridized carbons (Fsp3) is 0.769. The Hall–Kier alpha value is -0.830. The van der Waals surface area contributed by atoms with Gasteiger partial charge in [0, 0.05) is 25.1 Å². The van der Waals surface area contributed by atoms with Gasteiger partial charge in [0.1, 0.15) is 5.76 Å². The van der Waals surface area contributed by atoms with Crippen LogP contribution in [0.25, 0.3) is 0 Å². The highest BCUT2D eigenvalue weighted by Gasteiger charge is 2.03. The number of rotatable bonds is 8. The van der Waals surface area contributed by atoms with Crippen LogP contribution in [-0.4, -0.2) is 17.7 Å². The molecule has 3 nitrogen and oxygen atoms in total. The van der Waals surface area contributed by atoms with E-state index in [9.17, 15) is 0 Å². The first-order valence-electron chi connectivity index (χ1n) is 6.38. The molecule has 1 heterocycles. The van der Waals surface area contributed by atoms with Gasteiger partial charge in [-0.2, -0.15) is 0 Å². The average molecular weight is 224 g/mol. The van der Waals surface area contributed by atoms with E-state index < -0.39 is 0 Å². The van der Waals surface area contributed by atoms with Crippen LogP contribution in [0.1, 0.15) is 51.0 Å². The summed E-state index contributed by atoms with van der Waals surface area (Å²) in [4.78, 5) is 0. The highest BCUT2D eigenvalue weighted by atomic mass is 16.5. The van der Waals surface area contributed by atoms with Crippen molar-refractivity contribution < 1.29 is 4.52 Å². The van der Waals surface area contributed by atoms with Crippen molar-refractivity contribution in [3.8, 4) is 0 Å². The van der Waals surface area contributed by atoms with Crippen molar-refractivity contribution >= 4 is 0 Å². The molecule has 0 aromatic carbocycles. The minimum atomic E-state index is 0.607. The maximum absolute atomic E-state index is 5.15. The third-order valence-electron chi connectivity index (χ3n) is 2.78. The molecule has 3 heteroatoms. The second kappa shape index (κ2) is 7.44. The molecule has 0 fully saturated rings. The summed E-state index contributed by atoms with van der Waals surface area (Å²) in [5.41, 5.74) is 0.964. The molecule has 1 N–H and O–H groups in total. The standard InChI is InChI=1S/C13H24N2O/c1-4-5-6-7-11(2)14-9-8-13-10-12(3)15-16-13/h10-11,14H,4-9H2,1-3H3. The van der Waals surface area contributed by atoms with Crippen molar-refractivity contribution in [2.75, 3.05) is 6.54 Å². The number of unbranched alkanes of at least 4 members (excludes halogenated alkanes) is 2. The Kier molecular flexibility index (Phi) is 6.16. The summed E-state index contributed by atoms with van der Waals surface area (Å²) >= 11 is 0. The summed E-state index contributed by atoms with van der Waals surface area (Å²) in [6, 6.07) is 2.61. The van der Waals surface area contributed by atoms with E-state index in [2.05, 4.69) is 24.3 Å². The number of nitrogens with one attached hydrogen (secondary N) is 1. The van der Waals surface area contributed by atoms with Crippen LogP contribution >= 0.6 is 0 Å². The lowest BCUT2D eigenvalue weighted by atomic mass is 10.1. The highest BCUT2D eigenvalue weighted by molar-refractivity contribution is 5.03. The molecule has 1 unspecified atom stereocenters. The van der Waals surface area contributed by atoms with Gasteiger partial charge in [-0.15, -0.1) is 0 Å². The van der Waals surface area contributed by atoms with Crippen LogP contribution < -0.4 is 5.32 Å². The van der Waals surface area contributed by atoms with Gasteiger partial charge in [-0.05, 0) is 20.3 Å². The Balaban J connectivity index is 2.06. The maximum atomic E-state index is 5.15.